The number of rotatable bonds is 1. The van der Waals surface area contributed by atoms with Crippen molar-refractivity contribution in [2.45, 2.75) is 0 Å². The van der Waals surface area contributed by atoms with Crippen LogP contribution in [0.15, 0.2) is 10.1 Å². The van der Waals surface area contributed by atoms with Crippen LogP contribution in [-0.2, 0) is 0 Å². The summed E-state index contributed by atoms with van der Waals surface area (Å²) in [6.07, 6.45) is 8.16. The second kappa shape index (κ2) is 2.24. The second-order valence-electron chi connectivity index (χ2n) is 1.39. The Morgan fingerprint density at radius 2 is 2.62 bits per heavy atom. The van der Waals surface area contributed by atoms with Crippen LogP contribution in [-0.4, -0.2) is 19.2 Å². The lowest BCUT2D eigenvalue weighted by molar-refractivity contribution is -0.793. The Morgan fingerprint density at radius 3 is 3.12 bits per heavy atom. The highest BCUT2D eigenvalue weighted by Crippen LogP contribution is 1.58. The first kappa shape index (κ1) is 5.01. The van der Waals surface area contributed by atoms with Gasteiger partial charge in [-0.3, -0.25) is 0 Å². The minimum absolute atomic E-state index is 0.583. The van der Waals surface area contributed by atoms with E-state index in [0.29, 0.717) is 6.54 Å². The fraction of sp³-hybridized carbons (Fsp3) is 0.200. The van der Waals surface area contributed by atoms with Gasteiger partial charge in [0.25, 0.3) is 0 Å². The predicted octanol–water partition coefficient (Wildman–Crippen LogP) is -1.51. The number of nitrogens with one attached hydrogen (secondary N) is 1. The van der Waals surface area contributed by atoms with Gasteiger partial charge in [-0.1, -0.05) is 5.10 Å². The van der Waals surface area contributed by atoms with E-state index >= 15 is 0 Å². The maximum atomic E-state index is 5.00. The van der Waals surface area contributed by atoms with Gasteiger partial charge in [-0.15, -0.1) is 6.42 Å². The van der Waals surface area contributed by atoms with Gasteiger partial charge >= 0.3 is 0 Å². The molecule has 1 heterocycles. The summed E-state index contributed by atoms with van der Waals surface area (Å²) in [6, 6.07) is 0. The van der Waals surface area contributed by atoms with Crippen molar-refractivity contribution in [1.29, 1.82) is 0 Å². The van der Waals surface area contributed by atoms with Gasteiger partial charge in [0.1, 0.15) is 0 Å². The first-order valence-corrected chi connectivity index (χ1v) is 2.28. The molecule has 1 unspecified atom stereocenters. The topological polar surface area (TPSA) is 29.2 Å². The number of quaternary nitrogens is 1. The molecule has 1 aliphatic heterocycles. The van der Waals surface area contributed by atoms with Gasteiger partial charge < -0.3 is 0 Å². The number of terminal acetylenes is 1. The van der Waals surface area contributed by atoms with E-state index in [1.807, 2.05) is 0 Å². The standard InChI is InChI=1S/C5H5N3/c1-2-3-8-5-6-4-7-8/h1,4-5H,3H2/p+1. The highest BCUT2D eigenvalue weighted by Gasteiger charge is 2.01. The molecule has 40 valence electrons. The van der Waals surface area contributed by atoms with Gasteiger partial charge in [0, 0.05) is 0 Å². The smallest absolute Gasteiger partial charge is 0.184 e. The zero-order chi connectivity index (χ0) is 5.82. The molecule has 0 fully saturated rings. The average molecular weight is 108 g/mol. The highest BCUT2D eigenvalue weighted by molar-refractivity contribution is 5.69. The fourth-order valence-corrected chi connectivity index (χ4v) is 0.456. The summed E-state index contributed by atoms with van der Waals surface area (Å²) >= 11 is 0. The van der Waals surface area contributed by atoms with Crippen molar-refractivity contribution < 1.29 is 5.01 Å². The van der Waals surface area contributed by atoms with Gasteiger partial charge in [0.15, 0.2) is 12.9 Å². The van der Waals surface area contributed by atoms with E-state index < -0.39 is 0 Å². The SMILES string of the molecule is C#CC[NH+]1C=NC=N1. The van der Waals surface area contributed by atoms with E-state index in [4.69, 9.17) is 6.42 Å². The molecule has 0 spiro atoms. The van der Waals surface area contributed by atoms with Crippen LogP contribution in [0.1, 0.15) is 0 Å². The minimum Gasteiger partial charge on any atom is -0.184 e. The predicted molar refractivity (Wildman–Crippen MR) is 31.6 cm³/mol. The molecule has 1 atom stereocenters. The van der Waals surface area contributed by atoms with Crippen molar-refractivity contribution in [1.82, 2.24) is 0 Å². The third-order valence-electron chi connectivity index (χ3n) is 0.797. The molecule has 0 aromatic heterocycles. The summed E-state index contributed by atoms with van der Waals surface area (Å²) in [5, 5.41) is 4.72. The zero-order valence-corrected chi connectivity index (χ0v) is 4.33. The Balaban J connectivity index is 2.41. The Kier molecular flexibility index (Phi) is 1.40. The van der Waals surface area contributed by atoms with Crippen molar-refractivity contribution in [2.75, 3.05) is 6.54 Å². The minimum atomic E-state index is 0.583. The van der Waals surface area contributed by atoms with Crippen LogP contribution in [0.5, 0.6) is 0 Å². The van der Waals surface area contributed by atoms with Crippen molar-refractivity contribution in [3.05, 3.63) is 0 Å². The van der Waals surface area contributed by atoms with E-state index in [1.165, 1.54) is 6.34 Å². The molecule has 1 rings (SSSR count). The number of aliphatic imine (C=N–C) groups is 1. The summed E-state index contributed by atoms with van der Waals surface area (Å²) in [5.74, 6) is 2.47. The molecule has 0 aromatic carbocycles. The number of nitrogens with zero attached hydrogens (tertiary/aromatic N) is 2. The van der Waals surface area contributed by atoms with E-state index in [9.17, 15) is 0 Å². The maximum absolute atomic E-state index is 5.00. The molecule has 0 saturated heterocycles. The van der Waals surface area contributed by atoms with Crippen molar-refractivity contribution in [2.24, 2.45) is 10.1 Å². The lowest BCUT2D eigenvalue weighted by Crippen LogP contribution is -3.05. The molecule has 1 N–H and O–H groups in total. The first-order chi connectivity index (χ1) is 3.93. The third-order valence-corrected chi connectivity index (χ3v) is 0.797. The molecule has 3 nitrogen and oxygen atoms in total. The average Bonchev–Trinajstić information content (AvgIpc) is 2.19. The van der Waals surface area contributed by atoms with Crippen molar-refractivity contribution in [3.63, 3.8) is 0 Å². The number of hydrogen-bond donors (Lipinski definition) is 1. The second-order valence-corrected chi connectivity index (χ2v) is 1.39. The van der Waals surface area contributed by atoms with Crippen LogP contribution in [0.3, 0.4) is 0 Å². The van der Waals surface area contributed by atoms with Crippen LogP contribution in [0.4, 0.5) is 0 Å². The molecule has 1 aliphatic rings. The monoisotopic (exact) mass is 108 g/mol. The molecular weight excluding hydrogens is 102 g/mol. The Labute approximate surface area is 47.7 Å². The van der Waals surface area contributed by atoms with Gasteiger partial charge in [-0.05, 0) is 5.92 Å². The molecule has 0 aliphatic carbocycles. The summed E-state index contributed by atoms with van der Waals surface area (Å²) in [6.45, 7) is 0.583. The largest absolute Gasteiger partial charge is 0.217 e. The van der Waals surface area contributed by atoms with Crippen LogP contribution in [0.25, 0.3) is 0 Å². The van der Waals surface area contributed by atoms with Gasteiger partial charge in [-0.25, -0.2) is 0 Å². The lowest BCUT2D eigenvalue weighted by atomic mass is 10.7. The summed E-state index contributed by atoms with van der Waals surface area (Å²) < 4.78 is 0. The molecule has 0 aromatic rings. The van der Waals surface area contributed by atoms with E-state index in [-0.39, 0.29) is 0 Å². The Bertz CT molecular complexity index is 151. The molecule has 0 radical (unpaired) electrons. The van der Waals surface area contributed by atoms with Crippen molar-refractivity contribution in [3.8, 4) is 12.3 Å². The van der Waals surface area contributed by atoms with Gasteiger partial charge in [0.05, 0.1) is 0 Å². The molecular formula is C5H6N3+. The van der Waals surface area contributed by atoms with Gasteiger partial charge in [0.2, 0.25) is 6.34 Å². The fourth-order valence-electron chi connectivity index (χ4n) is 0.456. The van der Waals surface area contributed by atoms with E-state index in [1.54, 1.807) is 6.34 Å². The molecule has 3 heteroatoms. The first-order valence-electron chi connectivity index (χ1n) is 2.28. The normalized spacial score (nSPS) is 23.6. The maximum Gasteiger partial charge on any atom is 0.217 e. The van der Waals surface area contributed by atoms with Crippen LogP contribution in [0.2, 0.25) is 0 Å². The van der Waals surface area contributed by atoms with E-state index in [0.717, 1.165) is 5.01 Å². The Hall–Kier alpha value is -1.14. The van der Waals surface area contributed by atoms with Gasteiger partial charge in [-0.2, -0.15) is 10.0 Å². The molecule has 0 saturated carbocycles. The number of hydrogen-bond acceptors (Lipinski definition) is 2. The zero-order valence-electron chi connectivity index (χ0n) is 4.33. The third kappa shape index (κ3) is 0.922. The van der Waals surface area contributed by atoms with Crippen LogP contribution < -0.4 is 5.01 Å². The lowest BCUT2D eigenvalue weighted by Gasteiger charge is -1.92. The van der Waals surface area contributed by atoms with Crippen LogP contribution in [0, 0.1) is 12.3 Å². The Morgan fingerprint density at radius 1 is 1.75 bits per heavy atom. The molecule has 0 bridgehead atoms. The molecule has 0 amide bonds. The summed E-state index contributed by atoms with van der Waals surface area (Å²) in [4.78, 5) is 3.73. The van der Waals surface area contributed by atoms with E-state index in [2.05, 4.69) is 16.0 Å². The van der Waals surface area contributed by atoms with Crippen molar-refractivity contribution >= 4 is 12.7 Å². The van der Waals surface area contributed by atoms with Crippen LogP contribution >= 0.6 is 0 Å². The highest BCUT2D eigenvalue weighted by atomic mass is 15.5. The summed E-state index contributed by atoms with van der Waals surface area (Å²) in [5.41, 5.74) is 0. The quantitative estimate of drug-likeness (QED) is 0.396. The summed E-state index contributed by atoms with van der Waals surface area (Å²) in [7, 11) is 0. The molecule has 8 heavy (non-hydrogen) atoms.